The molecule has 1 aromatic heterocycles. The molecule has 0 unspecified atom stereocenters. The average Bonchev–Trinajstić information content (AvgIpc) is 2.13. The van der Waals surface area contributed by atoms with E-state index >= 15 is 0 Å². The third-order valence-electron chi connectivity index (χ3n) is 1.25. The third kappa shape index (κ3) is 1.39. The summed E-state index contributed by atoms with van der Waals surface area (Å²) in [5.41, 5.74) is 2.11. The Morgan fingerprint density at radius 3 is 2.90 bits per heavy atom. The van der Waals surface area contributed by atoms with Gasteiger partial charge in [0.1, 0.15) is 0 Å². The lowest BCUT2D eigenvalue weighted by Crippen LogP contribution is -1.75. The fourth-order valence-electron chi connectivity index (χ4n) is 0.828. The monoisotopic (exact) mass is 198 g/mol. The number of rotatable bonds is 1. The minimum atomic E-state index is 0.463. The highest BCUT2D eigenvalue weighted by molar-refractivity contribution is 9.10. The van der Waals surface area contributed by atoms with E-state index in [9.17, 15) is 0 Å². The van der Waals surface area contributed by atoms with E-state index in [2.05, 4.69) is 27.0 Å². The molecule has 0 radical (unpaired) electrons. The maximum absolute atomic E-state index is 8.37. The van der Waals surface area contributed by atoms with Gasteiger partial charge in [0.25, 0.3) is 0 Å². The van der Waals surface area contributed by atoms with E-state index in [-0.39, 0.29) is 0 Å². The predicted molar refractivity (Wildman–Crippen MR) is 42.5 cm³/mol. The van der Waals surface area contributed by atoms with Gasteiger partial charge in [-0.2, -0.15) is 5.26 Å². The molecule has 0 saturated carbocycles. The van der Waals surface area contributed by atoms with Gasteiger partial charge >= 0.3 is 0 Å². The Labute approximate surface area is 68.0 Å². The Morgan fingerprint density at radius 1 is 1.80 bits per heavy atom. The van der Waals surface area contributed by atoms with Crippen LogP contribution in [-0.4, -0.2) is 4.98 Å². The van der Waals surface area contributed by atoms with Gasteiger partial charge in [-0.25, -0.2) is 0 Å². The lowest BCUT2D eigenvalue weighted by molar-refractivity contribution is 1.21. The van der Waals surface area contributed by atoms with Crippen LogP contribution in [0.3, 0.4) is 0 Å². The summed E-state index contributed by atoms with van der Waals surface area (Å²) in [6.45, 7) is 1.96. The normalized spacial score (nSPS) is 9.30. The molecule has 0 saturated heterocycles. The third-order valence-corrected chi connectivity index (χ3v) is 1.96. The van der Waals surface area contributed by atoms with Crippen LogP contribution in [0.4, 0.5) is 0 Å². The van der Waals surface area contributed by atoms with Crippen molar-refractivity contribution in [1.82, 2.24) is 4.98 Å². The first kappa shape index (κ1) is 7.36. The SMILES string of the molecule is Cc1cc(CC#N)c(Br)[nH]1. The van der Waals surface area contributed by atoms with E-state index in [4.69, 9.17) is 5.26 Å². The van der Waals surface area contributed by atoms with Crippen LogP contribution in [0.2, 0.25) is 0 Å². The van der Waals surface area contributed by atoms with E-state index in [1.807, 2.05) is 13.0 Å². The second-order valence-corrected chi connectivity index (χ2v) is 2.92. The highest BCUT2D eigenvalue weighted by Gasteiger charge is 2.00. The number of hydrogen-bond acceptors (Lipinski definition) is 1. The van der Waals surface area contributed by atoms with Crippen LogP contribution in [0.15, 0.2) is 10.7 Å². The van der Waals surface area contributed by atoms with Crippen LogP contribution in [0.1, 0.15) is 11.3 Å². The lowest BCUT2D eigenvalue weighted by atomic mass is 10.2. The largest absolute Gasteiger partial charge is 0.353 e. The zero-order chi connectivity index (χ0) is 7.56. The van der Waals surface area contributed by atoms with Gasteiger partial charge in [-0.3, -0.25) is 0 Å². The number of H-pyrrole nitrogens is 1. The molecule has 2 nitrogen and oxygen atoms in total. The summed E-state index contributed by atoms with van der Waals surface area (Å²) in [5.74, 6) is 0. The van der Waals surface area contributed by atoms with Crippen molar-refractivity contribution < 1.29 is 0 Å². The number of hydrogen-bond donors (Lipinski definition) is 1. The fraction of sp³-hybridized carbons (Fsp3) is 0.286. The molecule has 0 aliphatic heterocycles. The molecule has 0 aliphatic carbocycles. The van der Waals surface area contributed by atoms with Crippen LogP contribution < -0.4 is 0 Å². The number of nitrogens with zero attached hydrogens (tertiary/aromatic N) is 1. The molecular formula is C7H7BrN2. The Kier molecular flexibility index (Phi) is 2.13. The van der Waals surface area contributed by atoms with E-state index < -0.39 is 0 Å². The molecule has 0 amide bonds. The molecule has 0 atom stereocenters. The number of nitriles is 1. The molecule has 1 rings (SSSR count). The summed E-state index contributed by atoms with van der Waals surface area (Å²) in [6, 6.07) is 4.05. The Bertz CT molecular complexity index is 270. The molecule has 10 heavy (non-hydrogen) atoms. The molecule has 0 fully saturated rings. The van der Waals surface area contributed by atoms with Gasteiger partial charge in [-0.05, 0) is 34.5 Å². The first-order valence-electron chi connectivity index (χ1n) is 2.95. The second kappa shape index (κ2) is 2.89. The molecule has 0 spiro atoms. The number of aryl methyl sites for hydroxylation is 1. The zero-order valence-electron chi connectivity index (χ0n) is 5.61. The smallest absolute Gasteiger partial charge is 0.0865 e. The van der Waals surface area contributed by atoms with Crippen molar-refractivity contribution in [2.45, 2.75) is 13.3 Å². The number of aromatic amines is 1. The van der Waals surface area contributed by atoms with Gasteiger partial charge in [-0.1, -0.05) is 0 Å². The van der Waals surface area contributed by atoms with Crippen LogP contribution in [0.5, 0.6) is 0 Å². The molecule has 0 bridgehead atoms. The van der Waals surface area contributed by atoms with Gasteiger partial charge in [0, 0.05) is 5.69 Å². The summed E-state index contributed by atoms with van der Waals surface area (Å²) in [7, 11) is 0. The highest BCUT2D eigenvalue weighted by atomic mass is 79.9. The van der Waals surface area contributed by atoms with Gasteiger partial charge < -0.3 is 4.98 Å². The Morgan fingerprint density at radius 2 is 2.50 bits per heavy atom. The van der Waals surface area contributed by atoms with E-state index in [0.29, 0.717) is 6.42 Å². The van der Waals surface area contributed by atoms with Crippen molar-refractivity contribution >= 4 is 15.9 Å². The van der Waals surface area contributed by atoms with E-state index in [1.54, 1.807) is 0 Å². The fourth-order valence-corrected chi connectivity index (χ4v) is 1.40. The molecule has 52 valence electrons. The predicted octanol–water partition coefficient (Wildman–Crippen LogP) is 2.15. The molecule has 0 aliphatic rings. The quantitative estimate of drug-likeness (QED) is 0.739. The van der Waals surface area contributed by atoms with Gasteiger partial charge in [0.15, 0.2) is 0 Å². The number of nitrogens with one attached hydrogen (secondary N) is 1. The van der Waals surface area contributed by atoms with Crippen molar-refractivity contribution in [2.24, 2.45) is 0 Å². The van der Waals surface area contributed by atoms with Crippen molar-refractivity contribution in [1.29, 1.82) is 5.26 Å². The first-order valence-corrected chi connectivity index (χ1v) is 3.74. The average molecular weight is 199 g/mol. The highest BCUT2D eigenvalue weighted by Crippen LogP contribution is 2.16. The van der Waals surface area contributed by atoms with Crippen molar-refractivity contribution in [3.8, 4) is 6.07 Å². The van der Waals surface area contributed by atoms with Crippen LogP contribution in [0.25, 0.3) is 0 Å². The molecule has 1 N–H and O–H groups in total. The zero-order valence-corrected chi connectivity index (χ0v) is 7.20. The molecule has 3 heteroatoms. The van der Waals surface area contributed by atoms with E-state index in [1.165, 1.54) is 0 Å². The molecule has 0 aromatic carbocycles. The van der Waals surface area contributed by atoms with Crippen molar-refractivity contribution in [3.05, 3.63) is 21.9 Å². The topological polar surface area (TPSA) is 39.6 Å². The van der Waals surface area contributed by atoms with Gasteiger partial charge in [0.2, 0.25) is 0 Å². The maximum Gasteiger partial charge on any atom is 0.0865 e. The van der Waals surface area contributed by atoms with Gasteiger partial charge in [-0.15, -0.1) is 0 Å². The standard InChI is InChI=1S/C7H7BrN2/c1-5-4-6(2-3-9)7(8)10-5/h4,10H,2H2,1H3. The van der Waals surface area contributed by atoms with Crippen LogP contribution in [-0.2, 0) is 6.42 Å². The first-order chi connectivity index (χ1) is 4.74. The summed E-state index contributed by atoms with van der Waals surface area (Å²) in [4.78, 5) is 3.06. The van der Waals surface area contributed by atoms with Crippen molar-refractivity contribution in [2.75, 3.05) is 0 Å². The summed E-state index contributed by atoms with van der Waals surface area (Å²) in [6.07, 6.45) is 0.463. The maximum atomic E-state index is 8.37. The summed E-state index contributed by atoms with van der Waals surface area (Å²) < 4.78 is 0.923. The van der Waals surface area contributed by atoms with E-state index in [0.717, 1.165) is 15.9 Å². The molecular weight excluding hydrogens is 192 g/mol. The van der Waals surface area contributed by atoms with Crippen LogP contribution in [0, 0.1) is 18.3 Å². The summed E-state index contributed by atoms with van der Waals surface area (Å²) >= 11 is 3.31. The van der Waals surface area contributed by atoms with Crippen molar-refractivity contribution in [3.63, 3.8) is 0 Å². The Hall–Kier alpha value is -0.750. The second-order valence-electron chi connectivity index (χ2n) is 2.13. The lowest BCUT2D eigenvalue weighted by Gasteiger charge is -1.84. The number of aromatic nitrogens is 1. The molecule has 1 heterocycles. The van der Waals surface area contributed by atoms with Crippen LogP contribution >= 0.6 is 15.9 Å². The number of halogens is 1. The minimum Gasteiger partial charge on any atom is -0.353 e. The Balaban J connectivity index is 2.94. The molecule has 1 aromatic rings. The minimum absolute atomic E-state index is 0.463. The van der Waals surface area contributed by atoms with Gasteiger partial charge in [0.05, 0.1) is 17.1 Å². The summed E-state index contributed by atoms with van der Waals surface area (Å²) in [5, 5.41) is 8.37.